The van der Waals surface area contributed by atoms with Gasteiger partial charge < -0.3 is 0 Å². The predicted octanol–water partition coefficient (Wildman–Crippen LogP) is 1.67. The molecule has 0 bridgehead atoms. The van der Waals surface area contributed by atoms with E-state index in [4.69, 9.17) is 0 Å². The number of hydrogen-bond donors (Lipinski definition) is 0. The normalized spacial score (nSPS) is 13.7. The van der Waals surface area contributed by atoms with Gasteiger partial charge in [-0.1, -0.05) is 0 Å². The summed E-state index contributed by atoms with van der Waals surface area (Å²) in [7, 11) is -13.9. The summed E-state index contributed by atoms with van der Waals surface area (Å²) in [6.45, 7) is 0. The first kappa shape index (κ1) is 24.3. The van der Waals surface area contributed by atoms with Gasteiger partial charge in [0.15, 0.2) is 0 Å². The Labute approximate surface area is 152 Å². The van der Waals surface area contributed by atoms with Crippen LogP contribution < -0.4 is 3.12 Å². The Bertz CT molecular complexity index is 866. The average molecular weight is 652 g/mol. The molecule has 0 saturated carbocycles. The zero-order chi connectivity index (χ0) is 21.6. The van der Waals surface area contributed by atoms with Crippen LogP contribution in [0, 0.1) is 23.3 Å². The third-order valence-corrected chi connectivity index (χ3v) is 18.2. The van der Waals surface area contributed by atoms with E-state index in [1.54, 1.807) is 0 Å². The second-order valence-electron chi connectivity index (χ2n) is 4.21. The molecule has 1 rings (SSSR count). The van der Waals surface area contributed by atoms with Crippen molar-refractivity contribution in [1.82, 2.24) is 0 Å². The molecule has 0 amide bonds. The van der Waals surface area contributed by atoms with Crippen LogP contribution in [0.25, 0.3) is 0 Å². The van der Waals surface area contributed by atoms with Crippen molar-refractivity contribution in [1.29, 1.82) is 0 Å². The second-order valence-corrected chi connectivity index (χ2v) is 16.6. The molecule has 0 radical (unpaired) electrons. The van der Waals surface area contributed by atoms with E-state index in [1.807, 2.05) is 0 Å². The zero-order valence-corrected chi connectivity index (χ0v) is 17.8. The molecule has 1 aromatic rings. The Morgan fingerprint density at radius 2 is 1.00 bits per heavy atom. The van der Waals surface area contributed by atoms with Crippen molar-refractivity contribution in [3.63, 3.8) is 0 Å². The molecule has 0 unspecified atom stereocenters. The maximum absolute atomic E-state index is 13.6. The Hall–Kier alpha value is -0.738. The first-order chi connectivity index (χ1) is 11.8. The number of hydrogen-bond acceptors (Lipinski definition) is 6. The molecule has 0 atom stereocenters. The minimum atomic E-state index is -7.08. The van der Waals surface area contributed by atoms with Crippen molar-refractivity contribution in [3.8, 4) is 0 Å². The summed E-state index contributed by atoms with van der Waals surface area (Å²) in [5, 5.41) is 0. The molecule has 0 aliphatic rings. The van der Waals surface area contributed by atoms with Crippen LogP contribution in [0.5, 0.6) is 0 Å². The fourth-order valence-corrected chi connectivity index (χ4v) is 16.2. The van der Waals surface area contributed by atoms with Crippen LogP contribution in [0.2, 0.25) is 0 Å². The van der Waals surface area contributed by atoms with E-state index in [1.165, 1.54) is 0 Å². The van der Waals surface area contributed by atoms with Gasteiger partial charge in [-0.15, -0.1) is 0 Å². The van der Waals surface area contributed by atoms with Crippen LogP contribution >= 0.6 is 0 Å². The van der Waals surface area contributed by atoms with E-state index in [2.05, 4.69) is 4.27 Å². The summed E-state index contributed by atoms with van der Waals surface area (Å²) < 4.78 is 175. The predicted molar refractivity (Wildman–Crippen MR) is 63.8 cm³/mol. The van der Waals surface area contributed by atoms with Crippen LogP contribution in [-0.2, 0) is 24.5 Å². The molecule has 0 spiro atoms. The molecule has 6 nitrogen and oxygen atoms in total. The summed E-state index contributed by atoms with van der Waals surface area (Å²) in [5.41, 5.74) is -12.8. The summed E-state index contributed by atoms with van der Waals surface area (Å²) >= 11 is -7.08. The third-order valence-electron chi connectivity index (χ3n) is 2.38. The van der Waals surface area contributed by atoms with Gasteiger partial charge in [-0.05, 0) is 0 Å². The van der Waals surface area contributed by atoms with Crippen molar-refractivity contribution < 1.29 is 65.0 Å². The van der Waals surface area contributed by atoms with E-state index in [0.29, 0.717) is 0 Å². The summed E-state index contributed by atoms with van der Waals surface area (Å²) in [6, 6.07) is -0.532. The van der Waals surface area contributed by atoms with Crippen molar-refractivity contribution in [3.05, 3.63) is 29.3 Å². The van der Waals surface area contributed by atoms with Gasteiger partial charge in [0.2, 0.25) is 0 Å². The van der Waals surface area contributed by atoms with Crippen molar-refractivity contribution >= 4 is 47.0 Å². The molecule has 27 heavy (non-hydrogen) atoms. The first-order valence-electron chi connectivity index (χ1n) is 5.64. The molecular formula is C8HF10O6S2Tl. The molecular weight excluding hydrogens is 651 g/mol. The zero-order valence-electron chi connectivity index (χ0n) is 11.7. The standard InChI is InChI=1S/C6HF4.2CHF3O3S.Tl/c7-3-1-4(8)6(10)2-5(3)9;2*2-1(3,4)8(5,6)7;/h1H;2*(H,5,6,7);/q;;;+2/p-2. The van der Waals surface area contributed by atoms with Gasteiger partial charge in [0, 0.05) is 0 Å². The number of benzene rings is 1. The van der Waals surface area contributed by atoms with Crippen LogP contribution in [0.15, 0.2) is 6.07 Å². The van der Waals surface area contributed by atoms with Crippen molar-refractivity contribution in [2.24, 2.45) is 0 Å². The molecule has 1 aromatic carbocycles. The quantitative estimate of drug-likeness (QED) is 0.209. The summed E-state index contributed by atoms with van der Waals surface area (Å²) in [4.78, 5) is 0. The van der Waals surface area contributed by atoms with E-state index in [0.717, 1.165) is 0 Å². The van der Waals surface area contributed by atoms with Gasteiger partial charge in [0.1, 0.15) is 0 Å². The van der Waals surface area contributed by atoms with Gasteiger partial charge in [-0.2, -0.15) is 0 Å². The Kier molecular flexibility index (Phi) is 6.83. The van der Waals surface area contributed by atoms with E-state index in [9.17, 15) is 60.7 Å². The van der Waals surface area contributed by atoms with Gasteiger partial charge in [0.25, 0.3) is 0 Å². The van der Waals surface area contributed by atoms with E-state index >= 15 is 0 Å². The fraction of sp³-hybridized carbons (Fsp3) is 0.250. The van der Waals surface area contributed by atoms with Crippen LogP contribution in [0.4, 0.5) is 43.9 Å². The number of halogens is 10. The number of rotatable bonds is 5. The van der Waals surface area contributed by atoms with Crippen LogP contribution in [0.3, 0.4) is 0 Å². The van der Waals surface area contributed by atoms with Gasteiger partial charge in [-0.3, -0.25) is 0 Å². The molecule has 0 aliphatic carbocycles. The Morgan fingerprint density at radius 3 is 1.26 bits per heavy atom. The summed E-state index contributed by atoms with van der Waals surface area (Å²) in [5.74, 6) is -10.2. The van der Waals surface area contributed by atoms with Crippen molar-refractivity contribution in [2.45, 2.75) is 11.0 Å². The molecule has 0 N–H and O–H groups in total. The Morgan fingerprint density at radius 1 is 0.704 bits per heavy atom. The average Bonchev–Trinajstić information content (AvgIpc) is 2.42. The molecule has 0 aromatic heterocycles. The van der Waals surface area contributed by atoms with E-state index < -0.39 is 87.3 Å². The molecule has 0 aliphatic heterocycles. The SMILES string of the molecule is O=S(=O)([O][Tl]([O]S(=O)(=O)C(F)(F)F)[c]1c(F)c(F)cc(F)c1F)C(F)(F)F. The number of alkyl halides is 6. The Balaban J connectivity index is 3.69. The molecule has 0 heterocycles. The molecule has 0 fully saturated rings. The topological polar surface area (TPSA) is 86.7 Å². The minimum absolute atomic E-state index is 0.532. The molecule has 19 heteroatoms. The second kappa shape index (κ2) is 7.59. The van der Waals surface area contributed by atoms with E-state index in [-0.39, 0.29) is 0 Å². The first-order valence-corrected chi connectivity index (χ1v) is 14.4. The van der Waals surface area contributed by atoms with Crippen LogP contribution in [-0.4, -0.2) is 51.5 Å². The van der Waals surface area contributed by atoms with Gasteiger partial charge in [0.05, 0.1) is 0 Å². The van der Waals surface area contributed by atoms with Gasteiger partial charge >= 0.3 is 152 Å². The fourth-order valence-electron chi connectivity index (χ4n) is 1.25. The molecule has 154 valence electrons. The van der Waals surface area contributed by atoms with Crippen LogP contribution in [0.1, 0.15) is 0 Å². The maximum atomic E-state index is 13.6. The summed E-state index contributed by atoms with van der Waals surface area (Å²) in [6.07, 6.45) is 0. The van der Waals surface area contributed by atoms with Crippen molar-refractivity contribution in [2.75, 3.05) is 0 Å². The monoisotopic (exact) mass is 652 g/mol. The van der Waals surface area contributed by atoms with Gasteiger partial charge in [-0.25, -0.2) is 0 Å². The third kappa shape index (κ3) is 5.20. The molecule has 0 saturated heterocycles.